The van der Waals surface area contributed by atoms with Crippen LogP contribution in [0.2, 0.25) is 0 Å². The number of fused-ring (bicyclic) bond motifs is 2. The molecule has 4 heterocycles. The lowest BCUT2D eigenvalue weighted by Gasteiger charge is -2.34. The molecule has 0 aromatic heterocycles. The zero-order chi connectivity index (χ0) is 75.2. The molecule has 4 aliphatic heterocycles. The van der Waals surface area contributed by atoms with Gasteiger partial charge in [0.15, 0.2) is 0 Å². The van der Waals surface area contributed by atoms with Crippen molar-refractivity contribution in [2.45, 2.75) is 119 Å². The smallest absolute Gasteiger partial charge is 0.266 e. The van der Waals surface area contributed by atoms with Crippen LogP contribution in [0.1, 0.15) is 224 Å². The third-order valence-electron chi connectivity index (χ3n) is 22.1. The highest BCUT2D eigenvalue weighted by Gasteiger charge is 2.44. The summed E-state index contributed by atoms with van der Waals surface area (Å²) in [5, 5.41) is 13.2. The van der Waals surface area contributed by atoms with Crippen molar-refractivity contribution in [1.29, 1.82) is 0 Å². The van der Waals surface area contributed by atoms with Crippen molar-refractivity contribution in [1.82, 2.24) is 0 Å². The van der Waals surface area contributed by atoms with Gasteiger partial charge in [-0.05, 0) is 179 Å². The molecule has 108 heavy (non-hydrogen) atoms. The van der Waals surface area contributed by atoms with Crippen LogP contribution in [0.4, 0.5) is 34.1 Å². The van der Waals surface area contributed by atoms with Crippen molar-refractivity contribution < 1.29 is 47.8 Å². The van der Waals surface area contributed by atoms with Crippen molar-refractivity contribution in [3.63, 3.8) is 0 Å². The molecular formula is C92H78N6O10. The van der Waals surface area contributed by atoms with Crippen LogP contribution in [-0.2, 0) is 0 Å². The minimum absolute atomic E-state index is 0.0992. The number of carbonyl (C=O) groups excluding carboxylic acids is 8. The molecule has 536 valence electrons. The predicted molar refractivity (Wildman–Crippen MR) is 429 cm³/mol. The van der Waals surface area contributed by atoms with Gasteiger partial charge < -0.3 is 20.1 Å². The van der Waals surface area contributed by atoms with E-state index in [0.29, 0.717) is 87.5 Å². The Labute approximate surface area is 624 Å². The number of imide groups is 4. The van der Waals surface area contributed by atoms with Gasteiger partial charge in [-0.2, -0.15) is 0 Å². The zero-order valence-electron chi connectivity index (χ0n) is 61.7. The maximum atomic E-state index is 16.2. The normalized spacial score (nSPS) is 14.3. The van der Waals surface area contributed by atoms with Gasteiger partial charge in [0.1, 0.15) is 23.0 Å². The molecule has 13 aromatic rings. The Balaban J connectivity index is 0.860. The third-order valence-corrected chi connectivity index (χ3v) is 22.1. The molecule has 0 fully saturated rings. The lowest BCUT2D eigenvalue weighted by Crippen LogP contribution is -2.42. The second-order valence-corrected chi connectivity index (χ2v) is 29.9. The van der Waals surface area contributed by atoms with E-state index in [-0.39, 0.29) is 80.3 Å². The molecule has 0 atom stereocenters. The summed E-state index contributed by atoms with van der Waals surface area (Å²) in [5.41, 5.74) is 8.86. The molecule has 0 saturated carbocycles. The molecule has 13 aromatic carbocycles. The van der Waals surface area contributed by atoms with Crippen molar-refractivity contribution >= 4 is 146 Å². The van der Waals surface area contributed by atoms with E-state index >= 15 is 19.2 Å². The second-order valence-electron chi connectivity index (χ2n) is 29.9. The predicted octanol–water partition coefficient (Wildman–Crippen LogP) is 21.7. The summed E-state index contributed by atoms with van der Waals surface area (Å²) >= 11 is 0. The van der Waals surface area contributed by atoms with E-state index in [4.69, 9.17) is 9.47 Å². The highest BCUT2D eigenvalue weighted by atomic mass is 16.5. The van der Waals surface area contributed by atoms with Crippen molar-refractivity contribution in [3.05, 3.63) is 249 Å². The zero-order valence-corrected chi connectivity index (χ0v) is 61.7. The highest BCUT2D eigenvalue weighted by Crippen LogP contribution is 2.55. The summed E-state index contributed by atoms with van der Waals surface area (Å²) in [7, 11) is 0. The summed E-state index contributed by atoms with van der Waals surface area (Å²) in [5.74, 6) is -3.71. The maximum absolute atomic E-state index is 16.2. The monoisotopic (exact) mass is 1430 g/mol. The Bertz CT molecular complexity index is 5660. The number of para-hydroxylation sites is 2. The van der Waals surface area contributed by atoms with Gasteiger partial charge in [-0.3, -0.25) is 38.4 Å². The lowest BCUT2D eigenvalue weighted by molar-refractivity contribution is 0.0877. The van der Waals surface area contributed by atoms with Gasteiger partial charge in [-0.15, -0.1) is 0 Å². The minimum atomic E-state index is -0.589. The van der Waals surface area contributed by atoms with Gasteiger partial charge >= 0.3 is 0 Å². The van der Waals surface area contributed by atoms with Crippen molar-refractivity contribution in [2.24, 2.45) is 0 Å². The summed E-state index contributed by atoms with van der Waals surface area (Å²) in [4.78, 5) is 128. The van der Waals surface area contributed by atoms with Crippen LogP contribution in [0, 0.1) is 0 Å². The number of benzene rings is 13. The maximum Gasteiger partial charge on any atom is 0.266 e. The highest BCUT2D eigenvalue weighted by molar-refractivity contribution is 6.47. The van der Waals surface area contributed by atoms with Gasteiger partial charge in [0.05, 0.1) is 33.9 Å². The van der Waals surface area contributed by atoms with Crippen molar-refractivity contribution in [3.8, 4) is 23.0 Å². The quantitative estimate of drug-likeness (QED) is 0.0318. The molecule has 0 spiro atoms. The summed E-state index contributed by atoms with van der Waals surface area (Å²) in [6, 6.07) is 53.6. The molecule has 8 amide bonds. The molecule has 4 aliphatic rings. The van der Waals surface area contributed by atoms with E-state index in [9.17, 15) is 19.2 Å². The Morgan fingerprint density at radius 3 is 0.944 bits per heavy atom. The molecule has 0 bridgehead atoms. The lowest BCUT2D eigenvalue weighted by atomic mass is 9.80. The van der Waals surface area contributed by atoms with Gasteiger partial charge in [0.2, 0.25) is 0 Å². The Morgan fingerprint density at radius 1 is 0.296 bits per heavy atom. The number of nitrogens with one attached hydrogen (secondary N) is 2. The molecule has 0 saturated heterocycles. The molecular weight excluding hydrogens is 1350 g/mol. The molecule has 2 N–H and O–H groups in total. The van der Waals surface area contributed by atoms with Crippen molar-refractivity contribution in [2.75, 3.05) is 43.3 Å². The first-order valence-electron chi connectivity index (χ1n) is 37.4. The third kappa shape index (κ3) is 10.4. The minimum Gasteiger partial charge on any atom is -0.457 e. The number of rotatable bonds is 20. The Morgan fingerprint density at radius 2 is 0.602 bits per heavy atom. The number of carbonyl (C=O) groups is 8. The first-order chi connectivity index (χ1) is 52.2. The van der Waals surface area contributed by atoms with Crippen LogP contribution in [-0.4, -0.2) is 60.3 Å². The van der Waals surface area contributed by atoms with Gasteiger partial charge in [-0.25, -0.2) is 19.6 Å². The number of nitrogens with zero attached hydrogens (tertiary/aromatic N) is 4. The average molecular weight is 1430 g/mol. The summed E-state index contributed by atoms with van der Waals surface area (Å²) < 4.78 is 14.4. The first kappa shape index (κ1) is 68.5. The fourth-order valence-electron chi connectivity index (χ4n) is 16.9. The number of hydrogen-bond acceptors (Lipinski definition) is 12. The number of anilines is 6. The fraction of sp³-hybridized carbons (Fsp3) is 0.217. The topological polar surface area (TPSA) is 192 Å². The molecule has 16 heteroatoms. The Kier molecular flexibility index (Phi) is 16.6. The van der Waals surface area contributed by atoms with Crippen LogP contribution >= 0.6 is 0 Å². The largest absolute Gasteiger partial charge is 0.457 e. The van der Waals surface area contributed by atoms with E-state index in [0.717, 1.165) is 83.2 Å². The van der Waals surface area contributed by atoms with Crippen LogP contribution < -0.4 is 39.7 Å². The summed E-state index contributed by atoms with van der Waals surface area (Å²) in [6.07, 6.45) is 3.90. The number of unbranched alkanes of at least 4 members (excludes halogenated alkanes) is 2. The van der Waals surface area contributed by atoms with Crippen LogP contribution in [0.3, 0.4) is 0 Å². The van der Waals surface area contributed by atoms with Gasteiger partial charge in [-0.1, -0.05) is 155 Å². The van der Waals surface area contributed by atoms with E-state index in [1.165, 1.54) is 19.6 Å². The Hall–Kier alpha value is -12.6. The van der Waals surface area contributed by atoms with Crippen LogP contribution in [0.15, 0.2) is 182 Å². The van der Waals surface area contributed by atoms with Crippen LogP contribution in [0.25, 0.3) is 64.6 Å². The SMILES string of the molecule is CCCCNc1ccc2c3c(cccc13)C(=O)N(c1ccc(Oc3cc4c5c(ccc6c7c(Oc8ccc(N9C(=O)c%10cccc%11c(NCCCC)ccc(c%10%11)C9=O)cc8)cc8c9c(ccc(c3c56)c97)C(=O)N(c3c(C(C)C)cccc3C(C)C)C8=O)C(=O)N(c3c(C(C)C)cccc3C(C)C)C4=O)cc1)C2=O. The molecule has 16 nitrogen and oxygen atoms in total. The molecule has 0 aliphatic carbocycles. The van der Waals surface area contributed by atoms with E-state index in [1.807, 2.05) is 140 Å². The van der Waals surface area contributed by atoms with Gasteiger partial charge in [0, 0.05) is 112 Å². The van der Waals surface area contributed by atoms with E-state index < -0.39 is 47.3 Å². The molecule has 17 rings (SSSR count). The molecule has 0 unspecified atom stereocenters. The average Bonchev–Trinajstić information content (AvgIpc) is 0.677. The number of hydrogen-bond donors (Lipinski definition) is 2. The second kappa shape index (κ2) is 26.2. The van der Waals surface area contributed by atoms with Gasteiger partial charge in [0.25, 0.3) is 47.3 Å². The number of amides is 8. The standard InChI is InChI=1S/C92H78N6O10/c1-11-13-43-93-71-41-39-65-75-59(71)23-17-25-63(75)85(99)95(87(65)101)51-27-31-53(32-28-51)107-73-45-69-77-67(89(103)97(91(69)105)83-55(47(3)4)19-15-20-56(83)48(5)6)38-36-62-80-74(108-54-33-29-52(30-34-54)96-86(100)64-26-18-24-60-72(94-44-14-12-2)42-40-66(76(60)64)88(96)102)46-70-78-68(37-35-61(82(78)80)79(73)81(62)77)90(104)98(92(70)106)84-57(49(7)8)21-16-22-58(84)50(9)10/h15-42,45-50,93-94H,11-14,43-44H2,1-10H3. The summed E-state index contributed by atoms with van der Waals surface area (Å²) in [6.45, 7) is 22.0. The van der Waals surface area contributed by atoms with E-state index in [2.05, 4.69) is 24.5 Å². The fourth-order valence-corrected chi connectivity index (χ4v) is 16.9. The van der Waals surface area contributed by atoms with E-state index in [1.54, 1.807) is 97.1 Å². The van der Waals surface area contributed by atoms with Crippen LogP contribution in [0.5, 0.6) is 23.0 Å². The first-order valence-corrected chi connectivity index (χ1v) is 37.4. The number of ether oxygens (including phenoxy) is 2. The molecule has 0 radical (unpaired) electrons.